The summed E-state index contributed by atoms with van der Waals surface area (Å²) in [4.78, 5) is 11.7. The van der Waals surface area contributed by atoms with Crippen molar-refractivity contribution in [3.05, 3.63) is 59.2 Å². The number of carbonyl (C=O) groups excluding carboxylic acids is 1. The summed E-state index contributed by atoms with van der Waals surface area (Å²) in [5.74, 6) is 0.0714. The van der Waals surface area contributed by atoms with Gasteiger partial charge in [-0.1, -0.05) is 42.5 Å². The monoisotopic (exact) mass is 276 g/mol. The number of carbonyl (C=O) groups is 1. The molecule has 1 aliphatic heterocycles. The predicted octanol–water partition coefficient (Wildman–Crippen LogP) is 3.54. The Hall–Kier alpha value is -2.55. The maximum Gasteiger partial charge on any atom is 0.226 e. The Bertz CT molecular complexity index is 762. The van der Waals surface area contributed by atoms with Gasteiger partial charge in [-0.25, -0.2) is 0 Å². The van der Waals surface area contributed by atoms with Gasteiger partial charge in [-0.2, -0.15) is 0 Å². The lowest BCUT2D eigenvalue weighted by atomic mass is 10.0. The summed E-state index contributed by atoms with van der Waals surface area (Å²) < 4.78 is 0. The summed E-state index contributed by atoms with van der Waals surface area (Å²) in [5, 5.41) is 6.38. The highest BCUT2D eigenvalue weighted by Crippen LogP contribution is 2.38. The van der Waals surface area contributed by atoms with E-state index in [1.807, 2.05) is 12.1 Å². The first kappa shape index (κ1) is 12.2. The number of anilines is 2. The Labute approximate surface area is 123 Å². The molecule has 2 N–H and O–H groups in total. The van der Waals surface area contributed by atoms with Crippen LogP contribution in [0.4, 0.5) is 11.4 Å². The molecule has 3 heteroatoms. The summed E-state index contributed by atoms with van der Waals surface area (Å²) in [7, 11) is 0. The summed E-state index contributed by atoms with van der Waals surface area (Å²) in [6.07, 6.45) is 3.70. The zero-order valence-electron chi connectivity index (χ0n) is 11.6. The van der Waals surface area contributed by atoms with Crippen molar-refractivity contribution in [1.29, 1.82) is 0 Å². The van der Waals surface area contributed by atoms with Gasteiger partial charge in [0.15, 0.2) is 0 Å². The highest BCUT2D eigenvalue weighted by Gasteiger charge is 2.20. The lowest BCUT2D eigenvalue weighted by Gasteiger charge is -2.14. The minimum atomic E-state index is 0.0714. The van der Waals surface area contributed by atoms with E-state index in [0.29, 0.717) is 13.0 Å². The number of nitrogens with one attached hydrogen (secondary N) is 2. The molecule has 1 amide bonds. The van der Waals surface area contributed by atoms with E-state index in [1.54, 1.807) is 0 Å². The highest BCUT2D eigenvalue weighted by atomic mass is 16.1. The van der Waals surface area contributed by atoms with Crippen molar-refractivity contribution < 1.29 is 4.79 Å². The Morgan fingerprint density at radius 3 is 2.81 bits per heavy atom. The van der Waals surface area contributed by atoms with Gasteiger partial charge in [0.2, 0.25) is 5.91 Å². The average molecular weight is 276 g/mol. The molecule has 0 radical (unpaired) electrons. The summed E-state index contributed by atoms with van der Waals surface area (Å²) in [6.45, 7) is 0.677. The van der Waals surface area contributed by atoms with Crippen molar-refractivity contribution >= 4 is 28.9 Å². The standard InChI is InChI=1S/C18H16N2O/c21-17-8-9-19-18-15(6-3-7-16(18)20-17)14-10-12-4-1-2-5-13(12)11-14/h1-7,10,19H,8-9,11H2,(H,20,21). The first-order valence-corrected chi connectivity index (χ1v) is 7.27. The fourth-order valence-electron chi connectivity index (χ4n) is 3.08. The van der Waals surface area contributed by atoms with Gasteiger partial charge in [-0.05, 0) is 29.2 Å². The van der Waals surface area contributed by atoms with Gasteiger partial charge >= 0.3 is 0 Å². The molecule has 2 aliphatic rings. The van der Waals surface area contributed by atoms with Crippen LogP contribution in [0.15, 0.2) is 42.5 Å². The predicted molar refractivity (Wildman–Crippen MR) is 86.2 cm³/mol. The molecule has 1 aliphatic carbocycles. The molecule has 2 aromatic rings. The second-order valence-electron chi connectivity index (χ2n) is 5.50. The second-order valence-corrected chi connectivity index (χ2v) is 5.50. The summed E-state index contributed by atoms with van der Waals surface area (Å²) in [5.41, 5.74) is 7.07. The van der Waals surface area contributed by atoms with Crippen LogP contribution in [0.1, 0.15) is 23.1 Å². The average Bonchev–Trinajstić information content (AvgIpc) is 2.82. The lowest BCUT2D eigenvalue weighted by Crippen LogP contribution is -2.10. The van der Waals surface area contributed by atoms with Gasteiger partial charge < -0.3 is 10.6 Å². The molecule has 0 spiro atoms. The quantitative estimate of drug-likeness (QED) is 0.836. The van der Waals surface area contributed by atoms with E-state index >= 15 is 0 Å². The van der Waals surface area contributed by atoms with E-state index in [-0.39, 0.29) is 5.91 Å². The minimum Gasteiger partial charge on any atom is -0.382 e. The number of allylic oxidation sites excluding steroid dienone is 1. The van der Waals surface area contributed by atoms with E-state index in [1.165, 1.54) is 22.3 Å². The van der Waals surface area contributed by atoms with E-state index in [4.69, 9.17) is 0 Å². The van der Waals surface area contributed by atoms with E-state index in [2.05, 4.69) is 47.0 Å². The van der Waals surface area contributed by atoms with Crippen LogP contribution < -0.4 is 10.6 Å². The van der Waals surface area contributed by atoms with Crippen LogP contribution in [0.5, 0.6) is 0 Å². The fourth-order valence-corrected chi connectivity index (χ4v) is 3.08. The zero-order valence-corrected chi connectivity index (χ0v) is 11.6. The molecule has 0 bridgehead atoms. The second kappa shape index (κ2) is 4.77. The minimum absolute atomic E-state index is 0.0714. The van der Waals surface area contributed by atoms with Gasteiger partial charge in [-0.15, -0.1) is 0 Å². The molecule has 0 saturated heterocycles. The fraction of sp³-hybridized carbons (Fsp3) is 0.167. The molecule has 4 rings (SSSR count). The number of fused-ring (bicyclic) bond motifs is 2. The molecule has 21 heavy (non-hydrogen) atoms. The molecule has 0 aromatic heterocycles. The van der Waals surface area contributed by atoms with Crippen LogP contribution in [-0.4, -0.2) is 12.5 Å². The molecule has 0 unspecified atom stereocenters. The lowest BCUT2D eigenvalue weighted by molar-refractivity contribution is -0.115. The van der Waals surface area contributed by atoms with E-state index in [9.17, 15) is 4.79 Å². The Balaban J connectivity index is 1.78. The van der Waals surface area contributed by atoms with Gasteiger partial charge in [-0.3, -0.25) is 4.79 Å². The Morgan fingerprint density at radius 1 is 1.00 bits per heavy atom. The third-order valence-electron chi connectivity index (χ3n) is 4.10. The maximum atomic E-state index is 11.7. The van der Waals surface area contributed by atoms with Crippen LogP contribution in [0.25, 0.3) is 11.6 Å². The van der Waals surface area contributed by atoms with Gasteiger partial charge in [0.25, 0.3) is 0 Å². The molecule has 1 heterocycles. The van der Waals surface area contributed by atoms with E-state index < -0.39 is 0 Å². The molecule has 0 fully saturated rings. The van der Waals surface area contributed by atoms with Crippen molar-refractivity contribution in [1.82, 2.24) is 0 Å². The number of para-hydroxylation sites is 1. The van der Waals surface area contributed by atoms with Crippen LogP contribution >= 0.6 is 0 Å². The normalized spacial score (nSPS) is 16.2. The Kier molecular flexibility index (Phi) is 2.78. The van der Waals surface area contributed by atoms with Gasteiger partial charge in [0, 0.05) is 18.5 Å². The van der Waals surface area contributed by atoms with Crippen LogP contribution in [-0.2, 0) is 11.2 Å². The largest absolute Gasteiger partial charge is 0.382 e. The maximum absolute atomic E-state index is 11.7. The SMILES string of the molecule is O=C1CCNc2c(cccc2C2=Cc3ccccc3C2)N1. The van der Waals surface area contributed by atoms with Crippen molar-refractivity contribution in [3.63, 3.8) is 0 Å². The van der Waals surface area contributed by atoms with Crippen LogP contribution in [0, 0.1) is 0 Å². The number of hydrogen-bond acceptors (Lipinski definition) is 2. The molecule has 0 saturated carbocycles. The Morgan fingerprint density at radius 2 is 1.90 bits per heavy atom. The number of hydrogen-bond donors (Lipinski definition) is 2. The molecule has 104 valence electrons. The smallest absolute Gasteiger partial charge is 0.226 e. The molecule has 2 aromatic carbocycles. The molecular weight excluding hydrogens is 260 g/mol. The van der Waals surface area contributed by atoms with Gasteiger partial charge in [0.05, 0.1) is 11.4 Å². The molecular formula is C18H16N2O. The van der Waals surface area contributed by atoms with E-state index in [0.717, 1.165) is 17.8 Å². The first-order valence-electron chi connectivity index (χ1n) is 7.27. The van der Waals surface area contributed by atoms with Crippen molar-refractivity contribution in [2.75, 3.05) is 17.2 Å². The first-order chi connectivity index (χ1) is 10.3. The van der Waals surface area contributed by atoms with Crippen molar-refractivity contribution in [2.24, 2.45) is 0 Å². The summed E-state index contributed by atoms with van der Waals surface area (Å²) in [6, 6.07) is 14.6. The van der Waals surface area contributed by atoms with Crippen molar-refractivity contribution in [2.45, 2.75) is 12.8 Å². The third-order valence-corrected chi connectivity index (χ3v) is 4.10. The van der Waals surface area contributed by atoms with Crippen molar-refractivity contribution in [3.8, 4) is 0 Å². The third kappa shape index (κ3) is 2.11. The van der Waals surface area contributed by atoms with Crippen LogP contribution in [0.3, 0.4) is 0 Å². The summed E-state index contributed by atoms with van der Waals surface area (Å²) >= 11 is 0. The molecule has 3 nitrogen and oxygen atoms in total. The number of rotatable bonds is 1. The zero-order chi connectivity index (χ0) is 14.2. The number of amides is 1. The van der Waals surface area contributed by atoms with Gasteiger partial charge in [0.1, 0.15) is 0 Å². The highest BCUT2D eigenvalue weighted by molar-refractivity contribution is 6.01. The number of benzene rings is 2. The topological polar surface area (TPSA) is 41.1 Å². The molecule has 0 atom stereocenters. The van der Waals surface area contributed by atoms with Crippen LogP contribution in [0.2, 0.25) is 0 Å².